The molecule has 0 saturated heterocycles. The molecule has 0 aromatic carbocycles. The van der Waals surface area contributed by atoms with E-state index < -0.39 is 18.2 Å². The van der Waals surface area contributed by atoms with Gasteiger partial charge in [-0.1, -0.05) is 6.08 Å². The fraction of sp³-hybridized carbons (Fsp3) is 0.400. The molecule has 1 rings (SSSR count). The number of ether oxygens (including phenoxy) is 1. The maximum absolute atomic E-state index is 11.3. The van der Waals surface area contributed by atoms with Crippen LogP contribution in [-0.2, 0) is 9.53 Å². The number of aliphatic hydroxyl groups excluding tert-OH is 1. The highest BCUT2D eigenvalue weighted by Crippen LogP contribution is 2.07. The van der Waals surface area contributed by atoms with Gasteiger partial charge >= 0.3 is 5.97 Å². The van der Waals surface area contributed by atoms with Crippen LogP contribution < -0.4 is 0 Å². The number of rotatable bonds is 3. The fourth-order valence-corrected chi connectivity index (χ4v) is 0.788. The second kappa shape index (κ2) is 4.08. The summed E-state index contributed by atoms with van der Waals surface area (Å²) in [6, 6.07) is 0. The molecule has 13 heavy (non-hydrogen) atoms. The standard InChI is InChI=1S/C10H12O3/c1-7(11)8(2)13-10(12)9-5-3-4-6-9/h3-5,7-8,11H,1-2H3. The summed E-state index contributed by atoms with van der Waals surface area (Å²) in [5.41, 5.74) is 3.12. The van der Waals surface area contributed by atoms with Crippen molar-refractivity contribution in [3.8, 4) is 0 Å². The lowest BCUT2D eigenvalue weighted by molar-refractivity contribution is -0.147. The van der Waals surface area contributed by atoms with Crippen LogP contribution >= 0.6 is 0 Å². The third-order valence-electron chi connectivity index (χ3n) is 1.79. The molecule has 0 bridgehead atoms. The lowest BCUT2D eigenvalue weighted by Crippen LogP contribution is -2.26. The van der Waals surface area contributed by atoms with Gasteiger partial charge in [-0.25, -0.2) is 4.79 Å². The van der Waals surface area contributed by atoms with Crippen molar-refractivity contribution in [3.63, 3.8) is 0 Å². The van der Waals surface area contributed by atoms with E-state index in [1.807, 2.05) is 0 Å². The molecule has 0 spiro atoms. The lowest BCUT2D eigenvalue weighted by Gasteiger charge is -2.14. The van der Waals surface area contributed by atoms with Crippen molar-refractivity contribution in [2.24, 2.45) is 0 Å². The Morgan fingerprint density at radius 1 is 1.62 bits per heavy atom. The van der Waals surface area contributed by atoms with Crippen LogP contribution in [0.3, 0.4) is 0 Å². The van der Waals surface area contributed by atoms with Gasteiger partial charge in [0.25, 0.3) is 0 Å². The summed E-state index contributed by atoms with van der Waals surface area (Å²) in [5.74, 6) is -0.446. The minimum atomic E-state index is -0.654. The average Bonchev–Trinajstić information content (AvgIpc) is 2.55. The topological polar surface area (TPSA) is 46.5 Å². The Morgan fingerprint density at radius 2 is 2.31 bits per heavy atom. The monoisotopic (exact) mass is 180 g/mol. The normalized spacial score (nSPS) is 18.2. The van der Waals surface area contributed by atoms with E-state index in [2.05, 4.69) is 5.73 Å². The smallest absolute Gasteiger partial charge is 0.346 e. The summed E-state index contributed by atoms with van der Waals surface area (Å²) in [4.78, 5) is 11.3. The molecule has 1 aliphatic carbocycles. The third-order valence-corrected chi connectivity index (χ3v) is 1.79. The van der Waals surface area contributed by atoms with Crippen molar-refractivity contribution in [1.82, 2.24) is 0 Å². The van der Waals surface area contributed by atoms with Crippen LogP contribution in [0, 0.1) is 0 Å². The van der Waals surface area contributed by atoms with Crippen LogP contribution in [0.4, 0.5) is 0 Å². The minimum absolute atomic E-state index is 0.396. The van der Waals surface area contributed by atoms with E-state index in [9.17, 15) is 4.79 Å². The van der Waals surface area contributed by atoms with Crippen LogP contribution in [0.25, 0.3) is 0 Å². The molecule has 1 aliphatic rings. The molecular formula is C10H12O3. The first kappa shape index (κ1) is 9.78. The van der Waals surface area contributed by atoms with Crippen molar-refractivity contribution in [3.05, 3.63) is 29.5 Å². The van der Waals surface area contributed by atoms with Crippen LogP contribution in [-0.4, -0.2) is 23.3 Å². The van der Waals surface area contributed by atoms with E-state index in [1.54, 1.807) is 32.1 Å². The predicted molar refractivity (Wildman–Crippen MR) is 48.0 cm³/mol. The highest BCUT2D eigenvalue weighted by atomic mass is 16.6. The Morgan fingerprint density at radius 3 is 2.77 bits per heavy atom. The minimum Gasteiger partial charge on any atom is -0.456 e. The van der Waals surface area contributed by atoms with Crippen LogP contribution in [0.2, 0.25) is 0 Å². The van der Waals surface area contributed by atoms with Gasteiger partial charge in [-0.05, 0) is 26.0 Å². The molecular weight excluding hydrogens is 168 g/mol. The summed E-state index contributed by atoms with van der Waals surface area (Å²) in [7, 11) is 0. The van der Waals surface area contributed by atoms with Gasteiger partial charge in [-0.2, -0.15) is 0 Å². The van der Waals surface area contributed by atoms with Crippen molar-refractivity contribution >= 4 is 5.97 Å². The Labute approximate surface area is 77.0 Å². The number of esters is 1. The number of carbonyl (C=O) groups excluding carboxylic acids is 1. The first-order valence-corrected chi connectivity index (χ1v) is 4.13. The highest BCUT2D eigenvalue weighted by molar-refractivity contribution is 5.92. The van der Waals surface area contributed by atoms with Gasteiger partial charge in [0.1, 0.15) is 11.7 Å². The summed E-state index contributed by atoms with van der Waals surface area (Å²) in [6.45, 7) is 3.22. The maximum Gasteiger partial charge on any atom is 0.346 e. The van der Waals surface area contributed by atoms with Crippen LogP contribution in [0.15, 0.2) is 29.5 Å². The number of carbonyl (C=O) groups is 1. The van der Waals surface area contributed by atoms with Crippen molar-refractivity contribution in [2.45, 2.75) is 26.1 Å². The molecule has 3 nitrogen and oxygen atoms in total. The van der Waals surface area contributed by atoms with Crippen molar-refractivity contribution in [2.75, 3.05) is 0 Å². The van der Waals surface area contributed by atoms with Gasteiger partial charge in [0.2, 0.25) is 0 Å². The molecule has 0 aromatic heterocycles. The third kappa shape index (κ3) is 2.58. The molecule has 3 heteroatoms. The lowest BCUT2D eigenvalue weighted by atomic mass is 10.2. The zero-order valence-corrected chi connectivity index (χ0v) is 7.65. The second-order valence-electron chi connectivity index (χ2n) is 2.93. The van der Waals surface area contributed by atoms with E-state index >= 15 is 0 Å². The highest BCUT2D eigenvalue weighted by Gasteiger charge is 2.16. The molecule has 0 amide bonds. The fourth-order valence-electron chi connectivity index (χ4n) is 0.788. The first-order valence-electron chi connectivity index (χ1n) is 4.13. The van der Waals surface area contributed by atoms with E-state index in [4.69, 9.17) is 9.84 Å². The second-order valence-corrected chi connectivity index (χ2v) is 2.93. The van der Waals surface area contributed by atoms with E-state index in [0.29, 0.717) is 5.57 Å². The van der Waals surface area contributed by atoms with Crippen LogP contribution in [0.1, 0.15) is 13.8 Å². The average molecular weight is 180 g/mol. The largest absolute Gasteiger partial charge is 0.456 e. The van der Waals surface area contributed by atoms with Gasteiger partial charge in [0.05, 0.1) is 6.10 Å². The van der Waals surface area contributed by atoms with Crippen LogP contribution in [0.5, 0.6) is 0 Å². The quantitative estimate of drug-likeness (QED) is 0.519. The van der Waals surface area contributed by atoms with Crippen molar-refractivity contribution in [1.29, 1.82) is 0 Å². The first-order chi connectivity index (χ1) is 6.11. The van der Waals surface area contributed by atoms with Gasteiger partial charge in [0.15, 0.2) is 0 Å². The predicted octanol–water partition coefficient (Wildman–Crippen LogP) is 0.950. The summed E-state index contributed by atoms with van der Waals surface area (Å²) < 4.78 is 4.94. The van der Waals surface area contributed by atoms with Gasteiger partial charge in [0, 0.05) is 0 Å². The molecule has 0 radical (unpaired) electrons. The Kier molecular flexibility index (Phi) is 3.07. The molecule has 0 heterocycles. The summed E-state index contributed by atoms with van der Waals surface area (Å²) in [6.07, 6.45) is 3.83. The number of hydrogen-bond acceptors (Lipinski definition) is 3. The van der Waals surface area contributed by atoms with Gasteiger partial charge < -0.3 is 9.84 Å². The molecule has 0 aliphatic heterocycles. The van der Waals surface area contributed by atoms with E-state index in [-0.39, 0.29) is 0 Å². The Balaban J connectivity index is 2.51. The van der Waals surface area contributed by atoms with Crippen molar-refractivity contribution < 1.29 is 14.6 Å². The molecule has 2 atom stereocenters. The SMILES string of the molecule is CC(O)C(C)OC(=O)C1=C=CC=C1. The molecule has 2 unspecified atom stereocenters. The Bertz CT molecular complexity index is 293. The number of hydrogen-bond donors (Lipinski definition) is 1. The summed E-state index contributed by atoms with van der Waals surface area (Å²) in [5, 5.41) is 9.08. The molecule has 0 saturated carbocycles. The number of allylic oxidation sites excluding steroid dienone is 1. The van der Waals surface area contributed by atoms with Gasteiger partial charge in [-0.3, -0.25) is 0 Å². The molecule has 70 valence electrons. The molecule has 0 fully saturated rings. The van der Waals surface area contributed by atoms with Gasteiger partial charge in [-0.15, -0.1) is 5.73 Å². The Hall–Kier alpha value is -1.31. The summed E-state index contributed by atoms with van der Waals surface area (Å²) >= 11 is 0. The zero-order valence-electron chi connectivity index (χ0n) is 7.65. The van der Waals surface area contributed by atoms with E-state index in [0.717, 1.165) is 0 Å². The van der Waals surface area contributed by atoms with E-state index in [1.165, 1.54) is 0 Å². The number of aliphatic hydroxyl groups is 1. The molecule has 0 aromatic rings. The zero-order chi connectivity index (χ0) is 9.84. The molecule has 1 N–H and O–H groups in total. The maximum atomic E-state index is 11.3.